The Morgan fingerprint density at radius 2 is 2.05 bits per heavy atom. The fourth-order valence-corrected chi connectivity index (χ4v) is 4.17. The maximum Gasteiger partial charge on any atom is 0.276 e. The Bertz CT molecular complexity index is 809. The van der Waals surface area contributed by atoms with Crippen LogP contribution in [-0.4, -0.2) is 19.3 Å². The number of benzene rings is 1. The SMILES string of the molecule is Cc1ncc(C(=O)NS(=O)(=O)c2ccc3c(c2)CCC3)s1. The van der Waals surface area contributed by atoms with E-state index >= 15 is 0 Å². The van der Waals surface area contributed by atoms with Crippen LogP contribution in [0.25, 0.3) is 0 Å². The molecule has 0 fully saturated rings. The van der Waals surface area contributed by atoms with Crippen LogP contribution >= 0.6 is 11.3 Å². The van der Waals surface area contributed by atoms with Crippen molar-refractivity contribution in [2.45, 2.75) is 31.1 Å². The van der Waals surface area contributed by atoms with Crippen molar-refractivity contribution < 1.29 is 13.2 Å². The van der Waals surface area contributed by atoms with E-state index in [4.69, 9.17) is 0 Å². The van der Waals surface area contributed by atoms with Crippen LogP contribution in [-0.2, 0) is 22.9 Å². The maximum atomic E-state index is 12.3. The molecule has 2 aromatic rings. The molecule has 1 amide bonds. The molecule has 1 aliphatic carbocycles. The first-order valence-corrected chi connectivity index (χ1v) is 8.87. The van der Waals surface area contributed by atoms with Crippen LogP contribution in [0, 0.1) is 6.92 Å². The second-order valence-corrected chi connectivity index (χ2v) is 7.88. The normalized spacial score (nSPS) is 14.0. The van der Waals surface area contributed by atoms with Crippen LogP contribution < -0.4 is 4.72 Å². The van der Waals surface area contributed by atoms with Gasteiger partial charge < -0.3 is 0 Å². The number of hydrogen-bond donors (Lipinski definition) is 1. The number of thiazole rings is 1. The first-order valence-electron chi connectivity index (χ1n) is 6.57. The van der Waals surface area contributed by atoms with Gasteiger partial charge in [-0.05, 0) is 49.4 Å². The Kier molecular flexibility index (Phi) is 3.54. The number of sulfonamides is 1. The molecule has 7 heteroatoms. The van der Waals surface area contributed by atoms with E-state index in [1.807, 2.05) is 6.07 Å². The average Bonchev–Trinajstić information content (AvgIpc) is 3.05. The van der Waals surface area contributed by atoms with Gasteiger partial charge in [0.1, 0.15) is 4.88 Å². The molecule has 5 nitrogen and oxygen atoms in total. The fraction of sp³-hybridized carbons (Fsp3) is 0.286. The predicted octanol–water partition coefficient (Wildman–Crippen LogP) is 2.06. The molecule has 0 spiro atoms. The summed E-state index contributed by atoms with van der Waals surface area (Å²) < 4.78 is 26.6. The molecule has 1 N–H and O–H groups in total. The van der Waals surface area contributed by atoms with Crippen molar-refractivity contribution in [1.82, 2.24) is 9.71 Å². The zero-order chi connectivity index (χ0) is 15.0. The number of hydrogen-bond acceptors (Lipinski definition) is 5. The van der Waals surface area contributed by atoms with Gasteiger partial charge in [-0.1, -0.05) is 6.07 Å². The van der Waals surface area contributed by atoms with E-state index in [2.05, 4.69) is 9.71 Å². The molecule has 110 valence electrons. The number of fused-ring (bicyclic) bond motifs is 1. The second kappa shape index (κ2) is 5.23. The molecule has 1 aliphatic rings. The number of carbonyl (C=O) groups excluding carboxylic acids is 1. The van der Waals surface area contributed by atoms with Gasteiger partial charge in [0.25, 0.3) is 15.9 Å². The third-order valence-electron chi connectivity index (χ3n) is 3.45. The molecule has 3 rings (SSSR count). The van der Waals surface area contributed by atoms with Gasteiger partial charge in [-0.25, -0.2) is 18.1 Å². The van der Waals surface area contributed by atoms with Crippen LogP contribution in [0.5, 0.6) is 0 Å². The molecule has 1 aromatic heterocycles. The van der Waals surface area contributed by atoms with Crippen molar-refractivity contribution in [2.75, 3.05) is 0 Å². The average molecular weight is 322 g/mol. The highest BCUT2D eigenvalue weighted by atomic mass is 32.2. The van der Waals surface area contributed by atoms with Gasteiger partial charge in [0.05, 0.1) is 16.1 Å². The fourth-order valence-electron chi connectivity index (χ4n) is 2.41. The topological polar surface area (TPSA) is 76.1 Å². The van der Waals surface area contributed by atoms with Crippen molar-refractivity contribution in [1.29, 1.82) is 0 Å². The largest absolute Gasteiger partial charge is 0.276 e. The number of nitrogens with zero attached hydrogens (tertiary/aromatic N) is 1. The van der Waals surface area contributed by atoms with Gasteiger partial charge >= 0.3 is 0 Å². The van der Waals surface area contributed by atoms with Crippen LogP contribution in [0.2, 0.25) is 0 Å². The summed E-state index contributed by atoms with van der Waals surface area (Å²) in [5.41, 5.74) is 2.25. The standard InChI is InChI=1S/C14H14N2O3S2/c1-9-15-8-13(20-9)14(17)16-21(18,19)12-6-5-10-3-2-4-11(10)7-12/h5-8H,2-4H2,1H3,(H,16,17). The van der Waals surface area contributed by atoms with E-state index in [1.165, 1.54) is 11.8 Å². The zero-order valence-electron chi connectivity index (χ0n) is 11.4. The molecule has 0 aliphatic heterocycles. The van der Waals surface area contributed by atoms with Crippen molar-refractivity contribution in [3.8, 4) is 0 Å². The highest BCUT2D eigenvalue weighted by Crippen LogP contribution is 2.24. The number of aromatic nitrogens is 1. The summed E-state index contributed by atoms with van der Waals surface area (Å²) in [6, 6.07) is 5.05. The van der Waals surface area contributed by atoms with Gasteiger partial charge in [-0.2, -0.15) is 0 Å². The number of amides is 1. The van der Waals surface area contributed by atoms with Crippen molar-refractivity contribution >= 4 is 27.3 Å². The Morgan fingerprint density at radius 1 is 1.29 bits per heavy atom. The number of aryl methyl sites for hydroxylation is 3. The zero-order valence-corrected chi connectivity index (χ0v) is 13.1. The van der Waals surface area contributed by atoms with Crippen molar-refractivity contribution in [2.24, 2.45) is 0 Å². The molecule has 0 saturated carbocycles. The van der Waals surface area contributed by atoms with Crippen LogP contribution in [0.4, 0.5) is 0 Å². The lowest BCUT2D eigenvalue weighted by Gasteiger charge is -2.07. The maximum absolute atomic E-state index is 12.3. The Morgan fingerprint density at radius 3 is 2.76 bits per heavy atom. The lowest BCUT2D eigenvalue weighted by molar-refractivity contribution is 0.0985. The lowest BCUT2D eigenvalue weighted by Crippen LogP contribution is -2.30. The lowest BCUT2D eigenvalue weighted by atomic mass is 10.1. The molecule has 0 saturated heterocycles. The molecular weight excluding hydrogens is 308 g/mol. The smallest absolute Gasteiger partial charge is 0.267 e. The summed E-state index contributed by atoms with van der Waals surface area (Å²) in [5, 5.41) is 0.718. The Labute approximate surface area is 127 Å². The highest BCUT2D eigenvalue weighted by Gasteiger charge is 2.22. The number of rotatable bonds is 3. The molecular formula is C14H14N2O3S2. The molecule has 0 bridgehead atoms. The first-order chi connectivity index (χ1) is 9.95. The minimum Gasteiger partial charge on any atom is -0.267 e. The van der Waals surface area contributed by atoms with Crippen molar-refractivity contribution in [3.05, 3.63) is 45.4 Å². The molecule has 0 atom stereocenters. The number of carbonyl (C=O) groups is 1. The molecule has 21 heavy (non-hydrogen) atoms. The minimum absolute atomic E-state index is 0.137. The molecule has 0 unspecified atom stereocenters. The van der Waals surface area contributed by atoms with Gasteiger partial charge in [-0.15, -0.1) is 11.3 Å². The van der Waals surface area contributed by atoms with Gasteiger partial charge in [-0.3, -0.25) is 4.79 Å². The summed E-state index contributed by atoms with van der Waals surface area (Å²) in [4.78, 5) is 16.3. The monoisotopic (exact) mass is 322 g/mol. The summed E-state index contributed by atoms with van der Waals surface area (Å²) in [6.07, 6.45) is 4.31. The first kappa shape index (κ1) is 14.2. The third kappa shape index (κ3) is 2.84. The van der Waals surface area contributed by atoms with E-state index in [-0.39, 0.29) is 9.77 Å². The Balaban J connectivity index is 1.85. The quantitative estimate of drug-likeness (QED) is 0.938. The van der Waals surface area contributed by atoms with Gasteiger partial charge in [0.2, 0.25) is 0 Å². The van der Waals surface area contributed by atoms with Crippen LogP contribution in [0.1, 0.15) is 32.2 Å². The summed E-state index contributed by atoms with van der Waals surface area (Å²) in [7, 11) is -3.84. The predicted molar refractivity (Wildman–Crippen MR) is 80.0 cm³/mol. The molecule has 1 heterocycles. The Hall–Kier alpha value is -1.73. The minimum atomic E-state index is -3.84. The summed E-state index contributed by atoms with van der Waals surface area (Å²) in [6.45, 7) is 1.76. The van der Waals surface area contributed by atoms with Crippen molar-refractivity contribution in [3.63, 3.8) is 0 Å². The summed E-state index contributed by atoms with van der Waals surface area (Å²) in [5.74, 6) is -0.638. The van der Waals surface area contributed by atoms with E-state index < -0.39 is 15.9 Å². The van der Waals surface area contributed by atoms with E-state index in [0.29, 0.717) is 0 Å². The van der Waals surface area contributed by atoms with Gasteiger partial charge in [0, 0.05) is 0 Å². The highest BCUT2D eigenvalue weighted by molar-refractivity contribution is 7.90. The van der Waals surface area contributed by atoms with Crippen LogP contribution in [0.15, 0.2) is 29.3 Å². The summed E-state index contributed by atoms with van der Waals surface area (Å²) >= 11 is 1.16. The van der Waals surface area contributed by atoms with Crippen LogP contribution in [0.3, 0.4) is 0 Å². The van der Waals surface area contributed by atoms with E-state index in [0.717, 1.165) is 41.2 Å². The molecule has 0 radical (unpaired) electrons. The van der Waals surface area contributed by atoms with Gasteiger partial charge in [0.15, 0.2) is 0 Å². The second-order valence-electron chi connectivity index (χ2n) is 4.96. The third-order valence-corrected chi connectivity index (χ3v) is 5.69. The van der Waals surface area contributed by atoms with E-state index in [1.54, 1.807) is 19.1 Å². The number of nitrogens with one attached hydrogen (secondary N) is 1. The van der Waals surface area contributed by atoms with E-state index in [9.17, 15) is 13.2 Å². The molecule has 1 aromatic carbocycles.